The van der Waals surface area contributed by atoms with Crippen LogP contribution in [-0.4, -0.2) is 32.9 Å². The standard InChI is InChI=1S/C13H18ClNO3S/c1-18-13-7-6-11(10-12(13)14)19(16,17)15-8-4-2-3-5-9-15/h6-7,10H,2-5,8-9H2,1H3. The molecule has 0 unspecified atom stereocenters. The molecule has 19 heavy (non-hydrogen) atoms. The molecule has 1 fully saturated rings. The van der Waals surface area contributed by atoms with Crippen LogP contribution in [0, 0.1) is 0 Å². The van der Waals surface area contributed by atoms with Gasteiger partial charge in [-0.05, 0) is 31.0 Å². The topological polar surface area (TPSA) is 46.6 Å². The van der Waals surface area contributed by atoms with Crippen LogP contribution >= 0.6 is 11.6 Å². The molecule has 0 radical (unpaired) electrons. The van der Waals surface area contributed by atoms with Crippen molar-refractivity contribution in [1.82, 2.24) is 4.31 Å². The molecule has 0 saturated carbocycles. The highest BCUT2D eigenvalue weighted by molar-refractivity contribution is 7.89. The van der Waals surface area contributed by atoms with Gasteiger partial charge in [-0.15, -0.1) is 0 Å². The Labute approximate surface area is 119 Å². The summed E-state index contributed by atoms with van der Waals surface area (Å²) in [6, 6.07) is 4.60. The van der Waals surface area contributed by atoms with Gasteiger partial charge in [0, 0.05) is 13.1 Å². The predicted molar refractivity (Wildman–Crippen MR) is 75.2 cm³/mol. The maximum Gasteiger partial charge on any atom is 0.243 e. The first-order valence-corrected chi connectivity index (χ1v) is 8.21. The van der Waals surface area contributed by atoms with E-state index >= 15 is 0 Å². The maximum atomic E-state index is 12.5. The van der Waals surface area contributed by atoms with E-state index in [-0.39, 0.29) is 4.90 Å². The lowest BCUT2D eigenvalue weighted by Gasteiger charge is -2.20. The van der Waals surface area contributed by atoms with E-state index in [9.17, 15) is 8.42 Å². The van der Waals surface area contributed by atoms with Crippen LogP contribution in [-0.2, 0) is 10.0 Å². The highest BCUT2D eigenvalue weighted by atomic mass is 35.5. The predicted octanol–water partition coefficient (Wildman–Crippen LogP) is 2.91. The third-order valence-corrected chi connectivity index (χ3v) is 5.52. The van der Waals surface area contributed by atoms with Gasteiger partial charge >= 0.3 is 0 Å². The molecule has 1 heterocycles. The molecule has 6 heteroatoms. The van der Waals surface area contributed by atoms with Crippen LogP contribution in [0.4, 0.5) is 0 Å². The number of ether oxygens (including phenoxy) is 1. The van der Waals surface area contributed by atoms with Crippen molar-refractivity contribution in [2.75, 3.05) is 20.2 Å². The molecule has 4 nitrogen and oxygen atoms in total. The highest BCUT2D eigenvalue weighted by Gasteiger charge is 2.25. The van der Waals surface area contributed by atoms with Crippen LogP contribution in [0.15, 0.2) is 23.1 Å². The zero-order valence-corrected chi connectivity index (χ0v) is 12.5. The molecule has 1 aliphatic rings. The zero-order valence-electron chi connectivity index (χ0n) is 10.9. The van der Waals surface area contributed by atoms with Crippen LogP contribution in [0.25, 0.3) is 0 Å². The smallest absolute Gasteiger partial charge is 0.243 e. The molecule has 0 spiro atoms. The third-order valence-electron chi connectivity index (χ3n) is 3.33. The Balaban J connectivity index is 2.30. The van der Waals surface area contributed by atoms with Crippen molar-refractivity contribution in [1.29, 1.82) is 0 Å². The van der Waals surface area contributed by atoms with Crippen molar-refractivity contribution in [3.63, 3.8) is 0 Å². The summed E-state index contributed by atoms with van der Waals surface area (Å²) >= 11 is 6.00. The Kier molecular flexibility index (Phi) is 4.71. The van der Waals surface area contributed by atoms with Crippen molar-refractivity contribution in [2.45, 2.75) is 30.6 Å². The average Bonchev–Trinajstić information content (AvgIpc) is 2.67. The molecule has 0 aliphatic carbocycles. The van der Waals surface area contributed by atoms with E-state index in [1.807, 2.05) is 0 Å². The minimum absolute atomic E-state index is 0.236. The summed E-state index contributed by atoms with van der Waals surface area (Å²) in [4.78, 5) is 0.236. The van der Waals surface area contributed by atoms with E-state index in [1.165, 1.54) is 13.2 Å². The van der Waals surface area contributed by atoms with Crippen molar-refractivity contribution < 1.29 is 13.2 Å². The quantitative estimate of drug-likeness (QED) is 0.862. The number of halogens is 1. The number of nitrogens with zero attached hydrogens (tertiary/aromatic N) is 1. The molecular weight excluding hydrogens is 286 g/mol. The third kappa shape index (κ3) is 3.22. The first-order valence-electron chi connectivity index (χ1n) is 6.39. The molecule has 1 aliphatic heterocycles. The summed E-state index contributed by atoms with van der Waals surface area (Å²) in [6.07, 6.45) is 4.02. The van der Waals surface area contributed by atoms with Crippen LogP contribution in [0.2, 0.25) is 5.02 Å². The van der Waals surface area contributed by atoms with Gasteiger partial charge in [-0.3, -0.25) is 0 Å². The summed E-state index contributed by atoms with van der Waals surface area (Å²) in [5.41, 5.74) is 0. The highest BCUT2D eigenvalue weighted by Crippen LogP contribution is 2.29. The molecular formula is C13H18ClNO3S. The number of benzene rings is 1. The van der Waals surface area contributed by atoms with Crippen LogP contribution in [0.3, 0.4) is 0 Å². The van der Waals surface area contributed by atoms with Gasteiger partial charge in [0.2, 0.25) is 10.0 Å². The molecule has 106 valence electrons. The minimum Gasteiger partial charge on any atom is -0.495 e. The van der Waals surface area contributed by atoms with Gasteiger partial charge in [0.05, 0.1) is 17.0 Å². The minimum atomic E-state index is -3.44. The molecule has 2 rings (SSSR count). The second-order valence-electron chi connectivity index (χ2n) is 4.61. The van der Waals surface area contributed by atoms with Crippen LogP contribution < -0.4 is 4.74 Å². The fraction of sp³-hybridized carbons (Fsp3) is 0.538. The summed E-state index contributed by atoms with van der Waals surface area (Å²) in [6.45, 7) is 1.18. The largest absolute Gasteiger partial charge is 0.495 e. The van der Waals surface area contributed by atoms with Gasteiger partial charge in [-0.25, -0.2) is 8.42 Å². The van der Waals surface area contributed by atoms with Gasteiger partial charge in [0.1, 0.15) is 5.75 Å². The second-order valence-corrected chi connectivity index (χ2v) is 6.96. The molecule has 0 aromatic heterocycles. The van der Waals surface area contributed by atoms with Gasteiger partial charge in [0.25, 0.3) is 0 Å². The van der Waals surface area contributed by atoms with E-state index in [0.29, 0.717) is 23.9 Å². The fourth-order valence-electron chi connectivity index (χ4n) is 2.24. The lowest BCUT2D eigenvalue weighted by molar-refractivity contribution is 0.413. The Morgan fingerprint density at radius 1 is 1.16 bits per heavy atom. The van der Waals surface area contributed by atoms with E-state index in [2.05, 4.69) is 0 Å². The van der Waals surface area contributed by atoms with Crippen molar-refractivity contribution in [2.24, 2.45) is 0 Å². The monoisotopic (exact) mass is 303 g/mol. The fourth-order valence-corrected chi connectivity index (χ4v) is 4.10. The molecule has 0 N–H and O–H groups in total. The normalized spacial score (nSPS) is 18.0. The molecule has 1 aromatic carbocycles. The Morgan fingerprint density at radius 2 is 1.79 bits per heavy atom. The summed E-state index contributed by atoms with van der Waals surface area (Å²) in [7, 11) is -1.94. The maximum absolute atomic E-state index is 12.5. The van der Waals surface area contributed by atoms with Gasteiger partial charge in [0.15, 0.2) is 0 Å². The number of rotatable bonds is 3. The number of methoxy groups -OCH3 is 1. The van der Waals surface area contributed by atoms with Crippen molar-refractivity contribution >= 4 is 21.6 Å². The molecule has 1 aromatic rings. The van der Waals surface area contributed by atoms with E-state index in [1.54, 1.807) is 16.4 Å². The SMILES string of the molecule is COc1ccc(S(=O)(=O)N2CCCCCC2)cc1Cl. The van der Waals surface area contributed by atoms with Crippen LogP contribution in [0.5, 0.6) is 5.75 Å². The van der Waals surface area contributed by atoms with Crippen LogP contribution in [0.1, 0.15) is 25.7 Å². The van der Waals surface area contributed by atoms with Crippen molar-refractivity contribution in [3.05, 3.63) is 23.2 Å². The number of sulfonamides is 1. The van der Waals surface area contributed by atoms with E-state index in [4.69, 9.17) is 16.3 Å². The van der Waals surface area contributed by atoms with Crippen molar-refractivity contribution in [3.8, 4) is 5.75 Å². The molecule has 0 bridgehead atoms. The summed E-state index contributed by atoms with van der Waals surface area (Å²) < 4.78 is 31.6. The average molecular weight is 304 g/mol. The number of hydrogen-bond donors (Lipinski definition) is 0. The zero-order chi connectivity index (χ0) is 13.9. The molecule has 0 atom stereocenters. The van der Waals surface area contributed by atoms with E-state index in [0.717, 1.165) is 25.7 Å². The first kappa shape index (κ1) is 14.6. The Hall–Kier alpha value is -0.780. The van der Waals surface area contributed by atoms with Gasteiger partial charge < -0.3 is 4.74 Å². The second kappa shape index (κ2) is 6.11. The molecule has 0 amide bonds. The molecule has 1 saturated heterocycles. The lowest BCUT2D eigenvalue weighted by Crippen LogP contribution is -2.31. The number of hydrogen-bond acceptors (Lipinski definition) is 3. The Bertz CT molecular complexity index is 537. The summed E-state index contributed by atoms with van der Waals surface area (Å²) in [5.74, 6) is 0.483. The Morgan fingerprint density at radius 3 is 2.32 bits per heavy atom. The lowest BCUT2D eigenvalue weighted by atomic mass is 10.2. The first-order chi connectivity index (χ1) is 9.05. The van der Waals surface area contributed by atoms with Gasteiger partial charge in [-0.2, -0.15) is 4.31 Å². The van der Waals surface area contributed by atoms with Gasteiger partial charge in [-0.1, -0.05) is 24.4 Å². The van der Waals surface area contributed by atoms with E-state index < -0.39 is 10.0 Å². The summed E-state index contributed by atoms with van der Waals surface area (Å²) in [5, 5.41) is 0.318.